The van der Waals surface area contributed by atoms with Gasteiger partial charge >= 0.3 is 5.97 Å². The number of aliphatic carboxylic acids is 1. The first-order chi connectivity index (χ1) is 12.0. The zero-order valence-corrected chi connectivity index (χ0v) is 13.3. The van der Waals surface area contributed by atoms with E-state index in [1.165, 1.54) is 0 Å². The van der Waals surface area contributed by atoms with Crippen LogP contribution in [-0.2, 0) is 11.2 Å². The summed E-state index contributed by atoms with van der Waals surface area (Å²) in [6, 6.07) is 14.3. The number of benzene rings is 2. The van der Waals surface area contributed by atoms with Crippen molar-refractivity contribution in [2.75, 3.05) is 0 Å². The predicted octanol–water partition coefficient (Wildman–Crippen LogP) is 2.70. The molecule has 25 heavy (non-hydrogen) atoms. The SMILES string of the molecule is N=C(N)c1ccc(-c2nnc(-c3ccc(CCC(=O)O)cc3)o2)cc1. The van der Waals surface area contributed by atoms with Gasteiger partial charge in [-0.05, 0) is 36.2 Å². The number of rotatable bonds is 6. The highest BCUT2D eigenvalue weighted by Crippen LogP contribution is 2.24. The number of nitrogens with one attached hydrogen (secondary N) is 1. The van der Waals surface area contributed by atoms with Gasteiger partial charge in [-0.25, -0.2) is 0 Å². The van der Waals surface area contributed by atoms with Gasteiger partial charge < -0.3 is 15.3 Å². The van der Waals surface area contributed by atoms with E-state index in [-0.39, 0.29) is 12.3 Å². The quantitative estimate of drug-likeness (QED) is 0.469. The van der Waals surface area contributed by atoms with Gasteiger partial charge in [-0.15, -0.1) is 10.2 Å². The Kier molecular flexibility index (Phi) is 4.56. The normalized spacial score (nSPS) is 10.6. The second kappa shape index (κ2) is 6.96. The van der Waals surface area contributed by atoms with Crippen molar-refractivity contribution in [3.05, 3.63) is 59.7 Å². The van der Waals surface area contributed by atoms with Gasteiger partial charge in [0.2, 0.25) is 11.8 Å². The van der Waals surface area contributed by atoms with E-state index in [4.69, 9.17) is 20.7 Å². The van der Waals surface area contributed by atoms with Crippen LogP contribution in [0.1, 0.15) is 17.5 Å². The van der Waals surface area contributed by atoms with Crippen molar-refractivity contribution in [3.8, 4) is 22.9 Å². The van der Waals surface area contributed by atoms with Crippen molar-refractivity contribution in [1.82, 2.24) is 10.2 Å². The zero-order valence-electron chi connectivity index (χ0n) is 13.3. The maximum Gasteiger partial charge on any atom is 0.303 e. The van der Waals surface area contributed by atoms with Gasteiger partial charge in [0.05, 0.1) is 0 Å². The molecule has 1 aromatic heterocycles. The number of aryl methyl sites for hydroxylation is 1. The molecular weight excluding hydrogens is 320 g/mol. The molecule has 4 N–H and O–H groups in total. The topological polar surface area (TPSA) is 126 Å². The van der Waals surface area contributed by atoms with E-state index in [0.717, 1.165) is 16.7 Å². The third-order valence-corrected chi connectivity index (χ3v) is 3.70. The molecule has 0 aliphatic rings. The molecule has 0 fully saturated rings. The van der Waals surface area contributed by atoms with Crippen LogP contribution in [0, 0.1) is 5.41 Å². The Morgan fingerprint density at radius 1 is 1.00 bits per heavy atom. The van der Waals surface area contributed by atoms with Crippen LogP contribution in [0.15, 0.2) is 52.9 Å². The van der Waals surface area contributed by atoms with E-state index < -0.39 is 5.97 Å². The Hall–Kier alpha value is -3.48. The van der Waals surface area contributed by atoms with E-state index in [9.17, 15) is 4.79 Å². The Labute approximate surface area is 143 Å². The highest BCUT2D eigenvalue weighted by molar-refractivity contribution is 5.95. The van der Waals surface area contributed by atoms with E-state index in [2.05, 4.69) is 10.2 Å². The summed E-state index contributed by atoms with van der Waals surface area (Å²) in [6.07, 6.45) is 0.577. The van der Waals surface area contributed by atoms with E-state index >= 15 is 0 Å². The molecule has 0 spiro atoms. The van der Waals surface area contributed by atoms with Crippen molar-refractivity contribution in [2.45, 2.75) is 12.8 Å². The molecular formula is C18H16N4O3. The molecule has 1 heterocycles. The van der Waals surface area contributed by atoms with Crippen LogP contribution < -0.4 is 5.73 Å². The Balaban J connectivity index is 1.76. The summed E-state index contributed by atoms with van der Waals surface area (Å²) in [5.74, 6) is -0.0577. The van der Waals surface area contributed by atoms with Crippen molar-refractivity contribution in [1.29, 1.82) is 5.41 Å². The van der Waals surface area contributed by atoms with Crippen LogP contribution in [0.25, 0.3) is 22.9 Å². The van der Waals surface area contributed by atoms with Crippen molar-refractivity contribution < 1.29 is 14.3 Å². The summed E-state index contributed by atoms with van der Waals surface area (Å²) in [4.78, 5) is 10.6. The van der Waals surface area contributed by atoms with Crippen LogP contribution in [0.2, 0.25) is 0 Å². The number of carbonyl (C=O) groups is 1. The number of amidine groups is 1. The molecule has 0 aliphatic carbocycles. The summed E-state index contributed by atoms with van der Waals surface area (Å²) in [5.41, 5.74) is 8.49. The predicted molar refractivity (Wildman–Crippen MR) is 92.1 cm³/mol. The molecule has 7 nitrogen and oxygen atoms in total. The second-order valence-corrected chi connectivity index (χ2v) is 5.49. The lowest BCUT2D eigenvalue weighted by atomic mass is 10.1. The highest BCUT2D eigenvalue weighted by Gasteiger charge is 2.11. The van der Waals surface area contributed by atoms with Gasteiger partial charge in [0.15, 0.2) is 0 Å². The standard InChI is InChI=1S/C18H16N4O3/c19-16(20)12-6-8-14(9-7-12)18-22-21-17(25-18)13-4-1-11(2-5-13)3-10-15(23)24/h1-2,4-9H,3,10H2,(H3,19,20)(H,23,24). The average Bonchev–Trinajstić information content (AvgIpc) is 3.10. The number of aromatic nitrogens is 2. The molecule has 3 aromatic rings. The third-order valence-electron chi connectivity index (χ3n) is 3.70. The second-order valence-electron chi connectivity index (χ2n) is 5.49. The smallest absolute Gasteiger partial charge is 0.303 e. The minimum Gasteiger partial charge on any atom is -0.481 e. The summed E-state index contributed by atoms with van der Waals surface area (Å²) >= 11 is 0. The lowest BCUT2D eigenvalue weighted by Gasteiger charge is -2.00. The van der Waals surface area contributed by atoms with Crippen LogP contribution in [0.5, 0.6) is 0 Å². The number of carboxylic acid groups (broad SMARTS) is 1. The monoisotopic (exact) mass is 336 g/mol. The minimum atomic E-state index is -0.818. The van der Waals surface area contributed by atoms with Gasteiger partial charge in [0.25, 0.3) is 0 Å². The van der Waals surface area contributed by atoms with Gasteiger partial charge in [-0.2, -0.15) is 0 Å². The van der Waals surface area contributed by atoms with Gasteiger partial charge in [0.1, 0.15) is 5.84 Å². The zero-order chi connectivity index (χ0) is 17.8. The third kappa shape index (κ3) is 3.89. The molecule has 0 bridgehead atoms. The van der Waals surface area contributed by atoms with E-state index in [0.29, 0.717) is 23.8 Å². The number of hydrogen-bond acceptors (Lipinski definition) is 5. The summed E-state index contributed by atoms with van der Waals surface area (Å²) in [6.45, 7) is 0. The van der Waals surface area contributed by atoms with Gasteiger partial charge in [-0.3, -0.25) is 10.2 Å². The van der Waals surface area contributed by atoms with Crippen LogP contribution in [0.3, 0.4) is 0 Å². The molecule has 0 saturated carbocycles. The minimum absolute atomic E-state index is 0.000700. The van der Waals surface area contributed by atoms with Crippen molar-refractivity contribution in [2.24, 2.45) is 5.73 Å². The fourth-order valence-electron chi connectivity index (χ4n) is 2.31. The van der Waals surface area contributed by atoms with Crippen LogP contribution in [-0.4, -0.2) is 27.1 Å². The number of nitrogens with zero attached hydrogens (tertiary/aromatic N) is 2. The lowest BCUT2D eigenvalue weighted by Crippen LogP contribution is -2.10. The molecule has 0 aliphatic heterocycles. The van der Waals surface area contributed by atoms with Gasteiger partial charge in [0, 0.05) is 23.1 Å². The maximum absolute atomic E-state index is 10.6. The first kappa shape index (κ1) is 16.4. The van der Waals surface area contributed by atoms with Crippen molar-refractivity contribution in [3.63, 3.8) is 0 Å². The number of nitrogens with two attached hydrogens (primary N) is 1. The number of hydrogen-bond donors (Lipinski definition) is 3. The largest absolute Gasteiger partial charge is 0.481 e. The molecule has 126 valence electrons. The number of carboxylic acids is 1. The van der Waals surface area contributed by atoms with Crippen LogP contribution in [0.4, 0.5) is 0 Å². The molecule has 3 rings (SSSR count). The molecule has 0 atom stereocenters. The van der Waals surface area contributed by atoms with E-state index in [1.54, 1.807) is 24.3 Å². The summed E-state index contributed by atoms with van der Waals surface area (Å²) in [5, 5.41) is 24.2. The fraction of sp³-hybridized carbons (Fsp3) is 0.111. The summed E-state index contributed by atoms with van der Waals surface area (Å²) in [7, 11) is 0. The average molecular weight is 336 g/mol. The summed E-state index contributed by atoms with van der Waals surface area (Å²) < 4.78 is 5.69. The Morgan fingerprint density at radius 2 is 1.52 bits per heavy atom. The first-order valence-electron chi connectivity index (χ1n) is 7.62. The molecule has 2 aromatic carbocycles. The van der Waals surface area contributed by atoms with E-state index in [1.807, 2.05) is 24.3 Å². The maximum atomic E-state index is 10.6. The molecule has 0 amide bonds. The molecule has 0 radical (unpaired) electrons. The molecule has 7 heteroatoms. The van der Waals surface area contributed by atoms with Crippen LogP contribution >= 0.6 is 0 Å². The molecule has 0 unspecified atom stereocenters. The fourth-order valence-corrected chi connectivity index (χ4v) is 2.31. The lowest BCUT2D eigenvalue weighted by molar-refractivity contribution is -0.136. The molecule has 0 saturated heterocycles. The number of nitrogen functional groups attached to an aromatic ring is 1. The Morgan fingerprint density at radius 3 is 2.00 bits per heavy atom. The first-order valence-corrected chi connectivity index (χ1v) is 7.62. The van der Waals surface area contributed by atoms with Gasteiger partial charge in [-0.1, -0.05) is 24.3 Å². The highest BCUT2D eigenvalue weighted by atomic mass is 16.4. The Bertz CT molecular complexity index is 899. The van der Waals surface area contributed by atoms with Crippen molar-refractivity contribution >= 4 is 11.8 Å².